The van der Waals surface area contributed by atoms with Gasteiger partial charge in [0.1, 0.15) is 6.10 Å². The van der Waals surface area contributed by atoms with Crippen LogP contribution in [0.3, 0.4) is 0 Å². The van der Waals surface area contributed by atoms with Gasteiger partial charge in [0.15, 0.2) is 0 Å². The molecule has 266 valence electrons. The first-order chi connectivity index (χ1) is 22.1. The molecular weight excluding hydrogens is 558 g/mol. The summed E-state index contributed by atoms with van der Waals surface area (Å²) in [4.78, 5) is 12.4. The molecule has 3 unspecified atom stereocenters. The molecule has 3 atom stereocenters. The molecule has 0 bridgehead atoms. The molecule has 0 aliphatic carbocycles. The van der Waals surface area contributed by atoms with E-state index >= 15 is 0 Å². The summed E-state index contributed by atoms with van der Waals surface area (Å²) in [5, 5.41) is 33.4. The van der Waals surface area contributed by atoms with Gasteiger partial charge in [-0.15, -0.1) is 0 Å². The lowest BCUT2D eigenvalue weighted by molar-refractivity contribution is -0.124. The van der Waals surface area contributed by atoms with E-state index in [0.29, 0.717) is 12.8 Å². The molecule has 0 saturated carbocycles. The van der Waals surface area contributed by atoms with E-state index < -0.39 is 18.2 Å². The first kappa shape index (κ1) is 43.8. The second kappa shape index (κ2) is 35.7. The van der Waals surface area contributed by atoms with E-state index in [1.54, 1.807) is 0 Å². The maximum atomic E-state index is 12.4. The number of carbonyl (C=O) groups excluding carboxylic acids is 1. The van der Waals surface area contributed by atoms with Gasteiger partial charge < -0.3 is 20.6 Å². The number of allylic oxidation sites excluding steroid dienone is 4. The zero-order valence-corrected chi connectivity index (χ0v) is 30.0. The van der Waals surface area contributed by atoms with Gasteiger partial charge >= 0.3 is 0 Å². The highest BCUT2D eigenvalue weighted by Crippen LogP contribution is 2.15. The Morgan fingerprint density at radius 3 is 1.36 bits per heavy atom. The van der Waals surface area contributed by atoms with Crippen molar-refractivity contribution < 1.29 is 20.1 Å². The third kappa shape index (κ3) is 31.2. The van der Waals surface area contributed by atoms with Crippen LogP contribution < -0.4 is 5.32 Å². The number of rotatable bonds is 35. The van der Waals surface area contributed by atoms with E-state index in [9.17, 15) is 20.1 Å². The summed E-state index contributed by atoms with van der Waals surface area (Å²) in [6, 6.07) is -0.827. The number of aliphatic hydroxyl groups is 3. The fraction of sp³-hybridized carbons (Fsp3) is 0.875. The number of aliphatic hydroxyl groups excluding tert-OH is 3. The van der Waals surface area contributed by atoms with Crippen molar-refractivity contribution in [2.24, 2.45) is 0 Å². The second-order valence-corrected chi connectivity index (χ2v) is 13.5. The third-order valence-electron chi connectivity index (χ3n) is 9.04. The molecule has 0 aromatic heterocycles. The summed E-state index contributed by atoms with van der Waals surface area (Å²) in [7, 11) is 0. The summed E-state index contributed by atoms with van der Waals surface area (Å²) < 4.78 is 0. The van der Waals surface area contributed by atoms with Crippen molar-refractivity contribution in [2.45, 2.75) is 218 Å². The Labute approximate surface area is 280 Å². The average Bonchev–Trinajstić information content (AvgIpc) is 3.04. The molecule has 0 rings (SSSR count). The van der Waals surface area contributed by atoms with Crippen LogP contribution in [0.25, 0.3) is 0 Å². The number of hydrogen-bond acceptors (Lipinski definition) is 4. The van der Waals surface area contributed by atoms with Crippen LogP contribution in [-0.4, -0.2) is 46.1 Å². The molecule has 0 aliphatic rings. The molecule has 1 amide bonds. The summed E-state index contributed by atoms with van der Waals surface area (Å²) in [5.41, 5.74) is 0. The van der Waals surface area contributed by atoms with Gasteiger partial charge in [-0.25, -0.2) is 0 Å². The Morgan fingerprint density at radius 2 is 0.911 bits per heavy atom. The van der Waals surface area contributed by atoms with E-state index in [1.807, 2.05) is 0 Å². The number of carbonyl (C=O) groups is 1. The van der Waals surface area contributed by atoms with Crippen LogP contribution in [-0.2, 0) is 4.79 Å². The molecule has 0 saturated heterocycles. The van der Waals surface area contributed by atoms with Crippen LogP contribution in [0.4, 0.5) is 0 Å². The Kier molecular flexibility index (Phi) is 34.8. The molecule has 5 nitrogen and oxygen atoms in total. The molecule has 0 aromatic carbocycles. The second-order valence-electron chi connectivity index (χ2n) is 13.5. The third-order valence-corrected chi connectivity index (χ3v) is 9.04. The van der Waals surface area contributed by atoms with Crippen molar-refractivity contribution in [3.8, 4) is 0 Å². The molecule has 0 aliphatic heterocycles. The zero-order valence-electron chi connectivity index (χ0n) is 30.0. The number of hydrogen-bond donors (Lipinski definition) is 4. The van der Waals surface area contributed by atoms with Gasteiger partial charge in [0.2, 0.25) is 5.91 Å². The molecule has 4 N–H and O–H groups in total. The minimum absolute atomic E-state index is 0.158. The van der Waals surface area contributed by atoms with Crippen LogP contribution in [0.1, 0.15) is 200 Å². The van der Waals surface area contributed by atoms with Gasteiger partial charge in [-0.2, -0.15) is 0 Å². The molecule has 0 heterocycles. The highest BCUT2D eigenvalue weighted by Gasteiger charge is 2.26. The van der Waals surface area contributed by atoms with Crippen LogP contribution in [0, 0.1) is 0 Å². The average molecular weight is 636 g/mol. The normalized spacial score (nSPS) is 14.0. The van der Waals surface area contributed by atoms with Crippen LogP contribution in [0.2, 0.25) is 0 Å². The number of nitrogens with one attached hydrogen (secondary N) is 1. The minimum Gasteiger partial charge on any atom is -0.394 e. The molecule has 0 fully saturated rings. The largest absolute Gasteiger partial charge is 0.394 e. The van der Waals surface area contributed by atoms with E-state index in [2.05, 4.69) is 43.5 Å². The summed E-state index contributed by atoms with van der Waals surface area (Å²) >= 11 is 0. The Hall–Kier alpha value is -1.17. The van der Waals surface area contributed by atoms with Gasteiger partial charge in [0, 0.05) is 6.42 Å². The highest BCUT2D eigenvalue weighted by molar-refractivity contribution is 5.76. The predicted molar refractivity (Wildman–Crippen MR) is 195 cm³/mol. The fourth-order valence-electron chi connectivity index (χ4n) is 5.94. The molecule has 0 spiro atoms. The number of amides is 1. The lowest BCUT2D eigenvalue weighted by atomic mass is 10.0. The minimum atomic E-state index is -1.16. The maximum absolute atomic E-state index is 12.4. The molecule has 5 heteroatoms. The van der Waals surface area contributed by atoms with Gasteiger partial charge in [-0.1, -0.05) is 167 Å². The maximum Gasteiger partial charge on any atom is 0.220 e. The van der Waals surface area contributed by atoms with Crippen LogP contribution in [0.5, 0.6) is 0 Å². The highest BCUT2D eigenvalue weighted by atomic mass is 16.3. The van der Waals surface area contributed by atoms with Crippen molar-refractivity contribution in [2.75, 3.05) is 6.61 Å². The standard InChI is InChI=1S/C40H77NO4/c1-3-5-7-9-11-13-15-17-19-21-22-24-26-28-30-32-34-38(43)40(45)37(36-42)41-39(44)35-33-31-29-27-25-23-20-18-16-14-12-10-8-6-4-2/h19,21,26,28,37-38,40,42-43,45H,3-18,20,22-25,27,29-36H2,1-2H3,(H,41,44)/b21-19+,28-26+. The molecule has 0 radical (unpaired) electrons. The topological polar surface area (TPSA) is 89.8 Å². The van der Waals surface area contributed by atoms with Crippen LogP contribution in [0.15, 0.2) is 24.3 Å². The lowest BCUT2D eigenvalue weighted by Gasteiger charge is -2.26. The van der Waals surface area contributed by atoms with Crippen molar-refractivity contribution >= 4 is 5.91 Å². The van der Waals surface area contributed by atoms with E-state index in [4.69, 9.17) is 0 Å². The van der Waals surface area contributed by atoms with Crippen molar-refractivity contribution in [3.05, 3.63) is 24.3 Å². The summed E-state index contributed by atoms with van der Waals surface area (Å²) in [6.45, 7) is 4.15. The summed E-state index contributed by atoms with van der Waals surface area (Å²) in [5.74, 6) is -0.158. The monoisotopic (exact) mass is 636 g/mol. The summed E-state index contributed by atoms with van der Waals surface area (Å²) in [6.07, 6.45) is 41.3. The van der Waals surface area contributed by atoms with E-state index in [0.717, 1.165) is 44.9 Å². The molecule has 45 heavy (non-hydrogen) atoms. The van der Waals surface area contributed by atoms with Crippen molar-refractivity contribution in [1.29, 1.82) is 0 Å². The molecular formula is C40H77NO4. The van der Waals surface area contributed by atoms with Gasteiger partial charge in [-0.3, -0.25) is 4.79 Å². The smallest absolute Gasteiger partial charge is 0.220 e. The quantitative estimate of drug-likeness (QED) is 0.0412. The van der Waals surface area contributed by atoms with Crippen LogP contribution >= 0.6 is 0 Å². The molecule has 0 aromatic rings. The van der Waals surface area contributed by atoms with Crippen molar-refractivity contribution in [3.63, 3.8) is 0 Å². The van der Waals surface area contributed by atoms with E-state index in [-0.39, 0.29) is 12.5 Å². The Balaban J connectivity index is 3.73. The van der Waals surface area contributed by atoms with Gasteiger partial charge in [-0.05, 0) is 51.4 Å². The first-order valence-corrected chi connectivity index (χ1v) is 19.6. The number of unbranched alkanes of at least 4 members (excludes halogenated alkanes) is 23. The fourth-order valence-corrected chi connectivity index (χ4v) is 5.94. The van der Waals surface area contributed by atoms with Gasteiger partial charge in [0.05, 0.1) is 18.8 Å². The van der Waals surface area contributed by atoms with Crippen molar-refractivity contribution in [1.82, 2.24) is 5.32 Å². The lowest BCUT2D eigenvalue weighted by Crippen LogP contribution is -2.50. The predicted octanol–water partition coefficient (Wildman–Crippen LogP) is 10.7. The zero-order chi connectivity index (χ0) is 33.1. The van der Waals surface area contributed by atoms with E-state index in [1.165, 1.54) is 128 Å². The van der Waals surface area contributed by atoms with Gasteiger partial charge in [0.25, 0.3) is 0 Å². The Morgan fingerprint density at radius 1 is 0.533 bits per heavy atom. The Bertz CT molecular complexity index is 665. The first-order valence-electron chi connectivity index (χ1n) is 19.6. The SMILES string of the molecule is CCCCCCCCC/C=C/CC/C=C/CCCC(O)C(O)C(CO)NC(=O)CCCCCCCCCCCCCCCCC.